The van der Waals surface area contributed by atoms with Crippen LogP contribution >= 0.6 is 0 Å². The highest BCUT2D eigenvalue weighted by atomic mass is 16.5. The van der Waals surface area contributed by atoms with Crippen LogP contribution in [-0.2, 0) is 9.53 Å². The predicted molar refractivity (Wildman–Crippen MR) is 61.9 cm³/mol. The molecule has 1 aliphatic carbocycles. The Morgan fingerprint density at radius 2 is 1.94 bits per heavy atom. The summed E-state index contributed by atoms with van der Waals surface area (Å²) in [4.78, 5) is 14.4. The molecule has 16 heavy (non-hydrogen) atoms. The largest absolute Gasteiger partial charge is 0.381 e. The van der Waals surface area contributed by atoms with Gasteiger partial charge in [-0.1, -0.05) is 0 Å². The minimum absolute atomic E-state index is 0.201. The second kappa shape index (κ2) is 5.64. The van der Waals surface area contributed by atoms with Crippen molar-refractivity contribution >= 4 is 5.91 Å². The number of ether oxygens (including phenoxy) is 1. The summed E-state index contributed by atoms with van der Waals surface area (Å²) in [6.45, 7) is 3.00. The van der Waals surface area contributed by atoms with E-state index in [1.807, 2.05) is 0 Å². The molecule has 0 aromatic carbocycles. The molecule has 0 atom stereocenters. The molecule has 1 amide bonds. The zero-order valence-corrected chi connectivity index (χ0v) is 9.86. The summed E-state index contributed by atoms with van der Waals surface area (Å²) < 4.78 is 5.30. The summed E-state index contributed by atoms with van der Waals surface area (Å²) in [5, 5.41) is 0. The van der Waals surface area contributed by atoms with Gasteiger partial charge in [0.1, 0.15) is 0 Å². The van der Waals surface area contributed by atoms with E-state index in [0.29, 0.717) is 18.5 Å². The fraction of sp³-hybridized carbons (Fsp3) is 0.917. The zero-order valence-electron chi connectivity index (χ0n) is 9.86. The Balaban J connectivity index is 1.87. The highest BCUT2D eigenvalue weighted by Crippen LogP contribution is 2.30. The summed E-state index contributed by atoms with van der Waals surface area (Å²) >= 11 is 0. The molecule has 4 nitrogen and oxygen atoms in total. The summed E-state index contributed by atoms with van der Waals surface area (Å²) in [7, 11) is 0. The van der Waals surface area contributed by atoms with E-state index in [4.69, 9.17) is 10.5 Å². The third-order valence-electron chi connectivity index (χ3n) is 3.44. The molecule has 1 saturated heterocycles. The highest BCUT2D eigenvalue weighted by Gasteiger charge is 2.35. The smallest absolute Gasteiger partial charge is 0.226 e. The Morgan fingerprint density at radius 3 is 2.50 bits per heavy atom. The molecule has 1 heterocycles. The van der Waals surface area contributed by atoms with Gasteiger partial charge in [0.2, 0.25) is 5.91 Å². The number of carbonyl (C=O) groups excluding carboxylic acids is 1. The Kier molecular flexibility index (Phi) is 4.18. The maximum Gasteiger partial charge on any atom is 0.226 e. The molecule has 1 saturated carbocycles. The van der Waals surface area contributed by atoms with Gasteiger partial charge in [0.15, 0.2) is 0 Å². The Hall–Kier alpha value is -0.610. The monoisotopic (exact) mass is 226 g/mol. The van der Waals surface area contributed by atoms with Crippen LogP contribution in [0.3, 0.4) is 0 Å². The van der Waals surface area contributed by atoms with E-state index in [2.05, 4.69) is 4.90 Å². The van der Waals surface area contributed by atoms with Crippen LogP contribution in [0.5, 0.6) is 0 Å². The summed E-state index contributed by atoms with van der Waals surface area (Å²) in [6, 6.07) is 0.516. The minimum Gasteiger partial charge on any atom is -0.381 e. The first-order valence-electron chi connectivity index (χ1n) is 6.41. The molecule has 0 aromatic heterocycles. The van der Waals surface area contributed by atoms with E-state index in [0.717, 1.165) is 39.0 Å². The Labute approximate surface area is 97.1 Å². The van der Waals surface area contributed by atoms with Crippen LogP contribution in [0.15, 0.2) is 0 Å². The van der Waals surface area contributed by atoms with Crippen molar-refractivity contribution < 1.29 is 9.53 Å². The molecular formula is C12H22N2O2. The first-order chi connectivity index (χ1) is 7.83. The van der Waals surface area contributed by atoms with Crippen molar-refractivity contribution in [3.63, 3.8) is 0 Å². The van der Waals surface area contributed by atoms with E-state index in [1.54, 1.807) is 0 Å². The molecule has 0 bridgehead atoms. The molecule has 2 N–H and O–H groups in total. The van der Waals surface area contributed by atoms with Crippen molar-refractivity contribution in [2.24, 2.45) is 11.7 Å². The molecule has 0 spiro atoms. The molecule has 4 heteroatoms. The number of hydrogen-bond acceptors (Lipinski definition) is 3. The number of rotatable bonds is 5. The fourth-order valence-electron chi connectivity index (χ4n) is 2.30. The Morgan fingerprint density at radius 1 is 1.25 bits per heavy atom. The molecule has 2 rings (SSSR count). The van der Waals surface area contributed by atoms with Gasteiger partial charge in [-0.3, -0.25) is 4.79 Å². The van der Waals surface area contributed by atoms with E-state index in [1.165, 1.54) is 12.8 Å². The van der Waals surface area contributed by atoms with Gasteiger partial charge in [-0.15, -0.1) is 0 Å². The quantitative estimate of drug-likeness (QED) is 0.752. The first-order valence-corrected chi connectivity index (χ1v) is 6.41. The van der Waals surface area contributed by atoms with E-state index < -0.39 is 0 Å². The highest BCUT2D eigenvalue weighted by molar-refractivity contribution is 5.79. The lowest BCUT2D eigenvalue weighted by Gasteiger charge is -2.29. The number of hydrogen-bond donors (Lipinski definition) is 1. The molecule has 0 aromatic rings. The van der Waals surface area contributed by atoms with Crippen LogP contribution in [0.25, 0.3) is 0 Å². The predicted octanol–water partition coefficient (Wildman–Crippen LogP) is 0.753. The van der Waals surface area contributed by atoms with E-state index >= 15 is 0 Å². The van der Waals surface area contributed by atoms with Crippen molar-refractivity contribution in [3.8, 4) is 0 Å². The van der Waals surface area contributed by atoms with Gasteiger partial charge in [-0.2, -0.15) is 0 Å². The lowest BCUT2D eigenvalue weighted by molar-refractivity contribution is -0.139. The lowest BCUT2D eigenvalue weighted by Crippen LogP contribution is -2.41. The van der Waals surface area contributed by atoms with Gasteiger partial charge in [-0.05, 0) is 38.6 Å². The second-order valence-corrected chi connectivity index (χ2v) is 4.79. The van der Waals surface area contributed by atoms with Crippen molar-refractivity contribution in [2.45, 2.75) is 38.1 Å². The molecule has 0 radical (unpaired) electrons. The van der Waals surface area contributed by atoms with Gasteiger partial charge in [0, 0.05) is 31.7 Å². The van der Waals surface area contributed by atoms with Crippen molar-refractivity contribution in [1.29, 1.82) is 0 Å². The van der Waals surface area contributed by atoms with Gasteiger partial charge < -0.3 is 15.4 Å². The standard InChI is InChI=1S/C12H22N2O2/c13-6-1-7-14(11-2-3-11)12(15)10-4-8-16-9-5-10/h10-11H,1-9,13H2. The minimum atomic E-state index is 0.201. The fourth-order valence-corrected chi connectivity index (χ4v) is 2.30. The van der Waals surface area contributed by atoms with Crippen LogP contribution in [-0.4, -0.2) is 43.2 Å². The molecule has 92 valence electrons. The van der Waals surface area contributed by atoms with Crippen LogP contribution < -0.4 is 5.73 Å². The molecule has 1 aliphatic heterocycles. The maximum atomic E-state index is 12.3. The lowest BCUT2D eigenvalue weighted by atomic mass is 9.98. The van der Waals surface area contributed by atoms with Crippen LogP contribution in [0.2, 0.25) is 0 Å². The van der Waals surface area contributed by atoms with Gasteiger partial charge >= 0.3 is 0 Å². The first kappa shape index (κ1) is 11.9. The van der Waals surface area contributed by atoms with Gasteiger partial charge in [0.25, 0.3) is 0 Å². The van der Waals surface area contributed by atoms with Crippen molar-refractivity contribution in [3.05, 3.63) is 0 Å². The summed E-state index contributed by atoms with van der Waals surface area (Å²) in [5.74, 6) is 0.548. The van der Waals surface area contributed by atoms with Crippen LogP contribution in [0.4, 0.5) is 0 Å². The summed E-state index contributed by atoms with van der Waals surface area (Å²) in [6.07, 6.45) is 5.07. The Bertz CT molecular complexity index is 235. The van der Waals surface area contributed by atoms with Crippen molar-refractivity contribution in [1.82, 2.24) is 4.90 Å². The molecular weight excluding hydrogens is 204 g/mol. The topological polar surface area (TPSA) is 55.6 Å². The van der Waals surface area contributed by atoms with Gasteiger partial charge in [-0.25, -0.2) is 0 Å². The zero-order chi connectivity index (χ0) is 11.4. The molecule has 0 unspecified atom stereocenters. The number of amides is 1. The van der Waals surface area contributed by atoms with E-state index in [9.17, 15) is 4.79 Å². The second-order valence-electron chi connectivity index (χ2n) is 4.79. The summed E-state index contributed by atoms with van der Waals surface area (Å²) in [5.41, 5.74) is 5.52. The third-order valence-corrected chi connectivity index (χ3v) is 3.44. The average Bonchev–Trinajstić information content (AvgIpc) is 3.15. The average molecular weight is 226 g/mol. The SMILES string of the molecule is NCCCN(C(=O)C1CCOCC1)C1CC1. The normalized spacial score (nSPS) is 22.1. The van der Waals surface area contributed by atoms with Gasteiger partial charge in [0.05, 0.1) is 0 Å². The third kappa shape index (κ3) is 2.95. The molecule has 2 fully saturated rings. The maximum absolute atomic E-state index is 12.3. The van der Waals surface area contributed by atoms with Crippen LogP contribution in [0, 0.1) is 5.92 Å². The van der Waals surface area contributed by atoms with Crippen LogP contribution in [0.1, 0.15) is 32.1 Å². The number of carbonyl (C=O) groups is 1. The van der Waals surface area contributed by atoms with Crippen molar-refractivity contribution in [2.75, 3.05) is 26.3 Å². The van der Waals surface area contributed by atoms with E-state index in [-0.39, 0.29) is 5.92 Å². The number of nitrogens with two attached hydrogens (primary N) is 1. The molecule has 2 aliphatic rings. The number of nitrogens with zero attached hydrogens (tertiary/aromatic N) is 1.